The molecular formula is C29H26N4O5S. The maximum atomic E-state index is 14.3. The molecule has 0 saturated heterocycles. The summed E-state index contributed by atoms with van der Waals surface area (Å²) in [7, 11) is -1.06. The first-order chi connectivity index (χ1) is 18.7. The van der Waals surface area contributed by atoms with E-state index in [2.05, 4.69) is 14.9 Å². The first kappa shape index (κ1) is 25.9. The minimum absolute atomic E-state index is 0.000397. The molecule has 0 unspecified atom stereocenters. The lowest BCUT2D eigenvalue weighted by Gasteiger charge is -2.21. The number of hydrogen-bond donors (Lipinski definition) is 1. The Hall–Kier alpha value is -4.70. The average Bonchev–Trinajstić information content (AvgIpc) is 3.58. The largest absolute Gasteiger partial charge is 0.444 e. The van der Waals surface area contributed by atoms with E-state index in [-0.39, 0.29) is 28.1 Å². The molecule has 2 heterocycles. The van der Waals surface area contributed by atoms with E-state index < -0.39 is 10.0 Å². The van der Waals surface area contributed by atoms with E-state index in [9.17, 15) is 13.2 Å². The first-order valence-corrected chi connectivity index (χ1v) is 13.6. The topological polar surface area (TPSA) is 119 Å². The molecule has 0 fully saturated rings. The summed E-state index contributed by atoms with van der Waals surface area (Å²) in [4.78, 5) is 18.9. The van der Waals surface area contributed by atoms with Crippen LogP contribution in [-0.2, 0) is 10.0 Å². The Morgan fingerprint density at radius 2 is 1.59 bits per heavy atom. The maximum Gasteiger partial charge on any atom is 0.265 e. The SMILES string of the molecule is Cc1noc(NS(=O)(=O)c2c(-c3ncco3)ccc(-c3ccccc3)c2-c2ccccc2C(=O)N(C)C)c1C. The van der Waals surface area contributed by atoms with Gasteiger partial charge in [0.1, 0.15) is 11.2 Å². The highest BCUT2D eigenvalue weighted by Gasteiger charge is 2.32. The number of rotatable bonds is 7. The van der Waals surface area contributed by atoms with Crippen molar-refractivity contribution >= 4 is 21.8 Å². The van der Waals surface area contributed by atoms with Gasteiger partial charge in [-0.1, -0.05) is 59.8 Å². The van der Waals surface area contributed by atoms with Crippen LogP contribution in [0.5, 0.6) is 0 Å². The van der Waals surface area contributed by atoms with Gasteiger partial charge in [-0.25, -0.2) is 18.1 Å². The lowest BCUT2D eigenvalue weighted by Crippen LogP contribution is -2.23. The molecule has 9 nitrogen and oxygen atoms in total. The van der Waals surface area contributed by atoms with Gasteiger partial charge in [-0.05, 0) is 42.7 Å². The Bertz CT molecular complexity index is 1760. The van der Waals surface area contributed by atoms with E-state index in [0.29, 0.717) is 33.5 Å². The molecule has 1 amide bonds. The fraction of sp³-hybridized carbons (Fsp3) is 0.138. The van der Waals surface area contributed by atoms with Crippen LogP contribution in [0, 0.1) is 13.8 Å². The van der Waals surface area contributed by atoms with Crippen molar-refractivity contribution in [2.24, 2.45) is 0 Å². The third-order valence-electron chi connectivity index (χ3n) is 6.39. The number of carbonyl (C=O) groups excluding carboxylic acids is 1. The second-order valence-corrected chi connectivity index (χ2v) is 10.8. The van der Waals surface area contributed by atoms with Crippen LogP contribution in [-0.4, -0.2) is 43.5 Å². The standard InChI is InChI=1S/C29H26N4O5S/c1-18-19(2)31-38-27(18)32-39(35,36)26-24(28-30-16-17-37-28)15-14-21(20-10-6-5-7-11-20)25(26)22-12-8-9-13-23(22)29(34)33(3)4/h5-17,32H,1-4H3. The average molecular weight is 543 g/mol. The number of hydrogen-bond acceptors (Lipinski definition) is 7. The molecule has 0 atom stereocenters. The molecule has 0 aliphatic carbocycles. The van der Waals surface area contributed by atoms with Crippen LogP contribution in [0.25, 0.3) is 33.7 Å². The molecule has 3 aromatic carbocycles. The second kappa shape index (κ2) is 10.2. The molecule has 198 valence electrons. The van der Waals surface area contributed by atoms with Gasteiger partial charge < -0.3 is 13.8 Å². The van der Waals surface area contributed by atoms with Crippen LogP contribution in [0.3, 0.4) is 0 Å². The van der Waals surface area contributed by atoms with Crippen molar-refractivity contribution in [2.45, 2.75) is 18.7 Å². The van der Waals surface area contributed by atoms with Gasteiger partial charge in [0.05, 0.1) is 17.5 Å². The van der Waals surface area contributed by atoms with Gasteiger partial charge >= 0.3 is 0 Å². The van der Waals surface area contributed by atoms with E-state index in [0.717, 1.165) is 5.56 Å². The maximum absolute atomic E-state index is 14.3. The zero-order valence-corrected chi connectivity index (χ0v) is 22.6. The van der Waals surface area contributed by atoms with Gasteiger partial charge in [-0.2, -0.15) is 0 Å². The van der Waals surface area contributed by atoms with E-state index in [4.69, 9.17) is 8.94 Å². The van der Waals surface area contributed by atoms with Crippen LogP contribution >= 0.6 is 0 Å². The molecule has 5 aromatic rings. The fourth-order valence-corrected chi connectivity index (χ4v) is 5.79. The number of anilines is 1. The fourth-order valence-electron chi connectivity index (χ4n) is 4.32. The van der Waals surface area contributed by atoms with Crippen LogP contribution in [0.4, 0.5) is 5.88 Å². The highest BCUT2D eigenvalue weighted by atomic mass is 32.2. The van der Waals surface area contributed by atoms with E-state index in [1.54, 1.807) is 58.3 Å². The molecule has 0 saturated carbocycles. The summed E-state index contributed by atoms with van der Waals surface area (Å²) in [5.74, 6) is -0.165. The van der Waals surface area contributed by atoms with Gasteiger partial charge in [0.15, 0.2) is 0 Å². The highest BCUT2D eigenvalue weighted by Crippen LogP contribution is 2.44. The van der Waals surface area contributed by atoms with E-state index in [1.807, 2.05) is 36.4 Å². The number of nitrogens with zero attached hydrogens (tertiary/aromatic N) is 3. The summed E-state index contributed by atoms with van der Waals surface area (Å²) in [6.45, 7) is 3.43. The van der Waals surface area contributed by atoms with Crippen molar-refractivity contribution in [2.75, 3.05) is 18.8 Å². The molecular weight excluding hydrogens is 516 g/mol. The van der Waals surface area contributed by atoms with Gasteiger partial charge in [0.2, 0.25) is 11.8 Å². The van der Waals surface area contributed by atoms with Crippen molar-refractivity contribution in [1.29, 1.82) is 0 Å². The van der Waals surface area contributed by atoms with Gasteiger partial charge in [0.25, 0.3) is 15.9 Å². The first-order valence-electron chi connectivity index (χ1n) is 12.1. The Kier molecular flexibility index (Phi) is 6.80. The molecule has 0 aliphatic rings. The minimum atomic E-state index is -4.36. The zero-order chi connectivity index (χ0) is 27.7. The van der Waals surface area contributed by atoms with Crippen LogP contribution in [0.1, 0.15) is 21.6 Å². The van der Waals surface area contributed by atoms with Crippen molar-refractivity contribution in [1.82, 2.24) is 15.0 Å². The van der Waals surface area contributed by atoms with E-state index >= 15 is 0 Å². The summed E-state index contributed by atoms with van der Waals surface area (Å²) >= 11 is 0. The normalized spacial score (nSPS) is 11.4. The lowest BCUT2D eigenvalue weighted by molar-refractivity contribution is 0.0828. The third-order valence-corrected chi connectivity index (χ3v) is 7.81. The predicted octanol–water partition coefficient (Wildman–Crippen LogP) is 5.78. The minimum Gasteiger partial charge on any atom is -0.444 e. The van der Waals surface area contributed by atoms with Crippen molar-refractivity contribution in [3.05, 3.63) is 96.0 Å². The number of nitrogens with one attached hydrogen (secondary N) is 1. The van der Waals surface area contributed by atoms with Crippen molar-refractivity contribution in [3.8, 4) is 33.7 Å². The number of sulfonamides is 1. The summed E-state index contributed by atoms with van der Waals surface area (Å²) < 4.78 is 42.0. The molecule has 0 radical (unpaired) electrons. The molecule has 2 aromatic heterocycles. The van der Waals surface area contributed by atoms with E-state index in [1.165, 1.54) is 17.4 Å². The Balaban J connectivity index is 1.91. The van der Waals surface area contributed by atoms with Crippen molar-refractivity contribution in [3.63, 3.8) is 0 Å². The lowest BCUT2D eigenvalue weighted by atomic mass is 9.89. The Labute approximate surface area is 226 Å². The number of carbonyl (C=O) groups is 1. The number of aromatic nitrogens is 2. The number of aryl methyl sites for hydroxylation is 1. The van der Waals surface area contributed by atoms with Gasteiger partial charge in [0, 0.05) is 30.8 Å². The quantitative estimate of drug-likeness (QED) is 0.277. The zero-order valence-electron chi connectivity index (χ0n) is 21.8. The molecule has 10 heteroatoms. The predicted molar refractivity (Wildman–Crippen MR) is 148 cm³/mol. The molecule has 5 rings (SSSR count). The van der Waals surface area contributed by atoms with Crippen LogP contribution < -0.4 is 4.72 Å². The van der Waals surface area contributed by atoms with Crippen LogP contribution in [0.15, 0.2) is 93.0 Å². The number of oxazole rings is 1. The Morgan fingerprint density at radius 3 is 2.23 bits per heavy atom. The summed E-state index contributed by atoms with van der Waals surface area (Å²) in [5, 5.41) is 3.89. The third kappa shape index (κ3) is 4.82. The Morgan fingerprint density at radius 1 is 0.897 bits per heavy atom. The number of amides is 1. The second-order valence-electron chi connectivity index (χ2n) is 9.14. The summed E-state index contributed by atoms with van der Waals surface area (Å²) in [6, 6.07) is 19.8. The molecule has 0 bridgehead atoms. The molecule has 1 N–H and O–H groups in total. The van der Waals surface area contributed by atoms with Crippen LogP contribution in [0.2, 0.25) is 0 Å². The molecule has 0 aliphatic heterocycles. The van der Waals surface area contributed by atoms with Gasteiger partial charge in [-0.3, -0.25) is 4.79 Å². The van der Waals surface area contributed by atoms with Crippen molar-refractivity contribution < 1.29 is 22.2 Å². The smallest absolute Gasteiger partial charge is 0.265 e. The summed E-state index contributed by atoms with van der Waals surface area (Å²) in [6.07, 6.45) is 2.81. The molecule has 0 spiro atoms. The highest BCUT2D eigenvalue weighted by molar-refractivity contribution is 7.93. The monoisotopic (exact) mass is 542 g/mol. The molecule has 39 heavy (non-hydrogen) atoms. The van der Waals surface area contributed by atoms with Gasteiger partial charge in [-0.15, -0.1) is 0 Å². The summed E-state index contributed by atoms with van der Waals surface area (Å²) in [5.41, 5.74) is 3.81. The number of benzene rings is 3.